The lowest BCUT2D eigenvalue weighted by Crippen LogP contribution is -2.28. The Morgan fingerprint density at radius 2 is 1.37 bits per heavy atom. The average Bonchev–Trinajstić information content (AvgIpc) is 2.64. The third kappa shape index (κ3) is 11.3. The molecule has 1 aromatic rings. The number of benzene rings is 1. The van der Waals surface area contributed by atoms with Gasteiger partial charge in [-0.25, -0.2) is 0 Å². The van der Waals surface area contributed by atoms with E-state index in [1.165, 1.54) is 51.4 Å². The lowest BCUT2D eigenvalue weighted by atomic mass is 10.1. The lowest BCUT2D eigenvalue weighted by Gasteiger charge is -2.20. The highest BCUT2D eigenvalue weighted by Crippen LogP contribution is 2.49. The fourth-order valence-corrected chi connectivity index (χ4v) is 4.04. The molecule has 6 heteroatoms. The highest BCUT2D eigenvalue weighted by molar-refractivity contribution is 7.52. The van der Waals surface area contributed by atoms with Gasteiger partial charge in [-0.2, -0.15) is 0 Å². The van der Waals surface area contributed by atoms with Crippen molar-refractivity contribution < 1.29 is 19.1 Å². The van der Waals surface area contributed by atoms with Crippen LogP contribution in [0.5, 0.6) is 0 Å². The van der Waals surface area contributed by atoms with Crippen LogP contribution < -0.4 is 5.32 Å². The SMILES string of the molecule is CCCCCCCCCCCCCC(=O)NC(c1ccccc1)P(=O)(O)O. The number of carbonyl (C=O) groups is 1. The van der Waals surface area contributed by atoms with E-state index in [4.69, 9.17) is 0 Å². The Balaban J connectivity index is 2.16. The maximum Gasteiger partial charge on any atom is 0.352 e. The third-order valence-electron chi connectivity index (χ3n) is 4.76. The van der Waals surface area contributed by atoms with Crippen LogP contribution in [0, 0.1) is 0 Å². The van der Waals surface area contributed by atoms with Crippen molar-refractivity contribution >= 4 is 13.5 Å². The number of hydrogen-bond donors (Lipinski definition) is 3. The zero-order valence-corrected chi connectivity index (χ0v) is 17.5. The lowest BCUT2D eigenvalue weighted by molar-refractivity contribution is -0.121. The number of amides is 1. The molecule has 3 N–H and O–H groups in total. The molecule has 1 atom stereocenters. The van der Waals surface area contributed by atoms with Crippen LogP contribution in [0.15, 0.2) is 30.3 Å². The second kappa shape index (κ2) is 13.9. The summed E-state index contributed by atoms with van der Waals surface area (Å²) in [5, 5.41) is 2.51. The first kappa shape index (κ1) is 23.9. The van der Waals surface area contributed by atoms with Gasteiger partial charge in [-0.05, 0) is 12.0 Å². The van der Waals surface area contributed by atoms with Crippen molar-refractivity contribution in [3.8, 4) is 0 Å². The van der Waals surface area contributed by atoms with E-state index in [2.05, 4.69) is 12.2 Å². The molecule has 1 rings (SSSR count). The predicted molar refractivity (Wildman–Crippen MR) is 110 cm³/mol. The first-order chi connectivity index (χ1) is 12.9. The Morgan fingerprint density at radius 3 is 1.85 bits per heavy atom. The summed E-state index contributed by atoms with van der Waals surface area (Å²) in [4.78, 5) is 31.2. The predicted octanol–water partition coefficient (Wildman–Crippen LogP) is 5.68. The molecule has 154 valence electrons. The van der Waals surface area contributed by atoms with Crippen molar-refractivity contribution in [1.29, 1.82) is 0 Å². The van der Waals surface area contributed by atoms with E-state index in [-0.39, 0.29) is 5.91 Å². The molecule has 1 amide bonds. The Morgan fingerprint density at radius 1 is 0.889 bits per heavy atom. The van der Waals surface area contributed by atoms with E-state index < -0.39 is 13.4 Å². The number of unbranched alkanes of at least 4 members (excludes halogenated alkanes) is 10. The van der Waals surface area contributed by atoms with E-state index in [1.807, 2.05) is 0 Å². The second-order valence-corrected chi connectivity index (χ2v) is 8.95. The van der Waals surface area contributed by atoms with E-state index in [1.54, 1.807) is 30.3 Å². The molecule has 0 spiro atoms. The Labute approximate surface area is 164 Å². The zero-order valence-electron chi connectivity index (χ0n) is 16.6. The van der Waals surface area contributed by atoms with E-state index in [9.17, 15) is 19.1 Å². The fraction of sp³-hybridized carbons (Fsp3) is 0.667. The van der Waals surface area contributed by atoms with Crippen LogP contribution in [0.4, 0.5) is 0 Å². The molecule has 0 saturated heterocycles. The second-order valence-electron chi connectivity index (χ2n) is 7.26. The first-order valence-corrected chi connectivity index (χ1v) is 12.0. The van der Waals surface area contributed by atoms with Crippen LogP contribution in [0.2, 0.25) is 0 Å². The Bertz CT molecular complexity index is 559. The summed E-state index contributed by atoms with van der Waals surface area (Å²) in [6.45, 7) is 2.23. The molecule has 0 bridgehead atoms. The summed E-state index contributed by atoms with van der Waals surface area (Å²) >= 11 is 0. The van der Waals surface area contributed by atoms with Gasteiger partial charge >= 0.3 is 7.60 Å². The van der Waals surface area contributed by atoms with Gasteiger partial charge in [0.25, 0.3) is 0 Å². The van der Waals surface area contributed by atoms with Gasteiger partial charge < -0.3 is 15.1 Å². The monoisotopic (exact) mass is 397 g/mol. The minimum Gasteiger partial charge on any atom is -0.338 e. The van der Waals surface area contributed by atoms with Crippen LogP contribution in [-0.2, 0) is 9.36 Å². The largest absolute Gasteiger partial charge is 0.352 e. The number of carbonyl (C=O) groups excluding carboxylic acids is 1. The molecular weight excluding hydrogens is 361 g/mol. The molecular formula is C21H36NO4P. The summed E-state index contributed by atoms with van der Waals surface area (Å²) in [7, 11) is -4.45. The first-order valence-electron chi connectivity index (χ1n) is 10.3. The van der Waals surface area contributed by atoms with Crippen LogP contribution in [0.3, 0.4) is 0 Å². The molecule has 0 aliphatic heterocycles. The van der Waals surface area contributed by atoms with Gasteiger partial charge in [0.15, 0.2) is 5.78 Å². The van der Waals surface area contributed by atoms with Crippen molar-refractivity contribution in [2.24, 2.45) is 0 Å². The topological polar surface area (TPSA) is 86.6 Å². The number of rotatable bonds is 15. The summed E-state index contributed by atoms with van der Waals surface area (Å²) < 4.78 is 11.7. The summed E-state index contributed by atoms with van der Waals surface area (Å²) in [5.74, 6) is -1.57. The van der Waals surface area contributed by atoms with Crippen LogP contribution in [0.1, 0.15) is 95.3 Å². The number of hydrogen-bond acceptors (Lipinski definition) is 2. The molecule has 0 saturated carbocycles. The standard InChI is InChI=1S/C21H36NO4P/c1-2-3-4-5-6-7-8-9-10-11-15-18-20(23)22-21(27(24,25)26)19-16-13-12-14-17-19/h12-14,16-17,21H,2-11,15,18H2,1H3,(H,22,23)(H2,24,25,26). The van der Waals surface area contributed by atoms with Gasteiger partial charge in [0.05, 0.1) is 0 Å². The molecule has 0 radical (unpaired) electrons. The molecule has 0 aliphatic carbocycles. The summed E-state index contributed by atoms with van der Waals surface area (Å²) in [5.41, 5.74) is 0.429. The molecule has 0 fully saturated rings. The van der Waals surface area contributed by atoms with E-state index in [0.717, 1.165) is 19.3 Å². The van der Waals surface area contributed by atoms with Gasteiger partial charge in [-0.1, -0.05) is 101 Å². The van der Waals surface area contributed by atoms with Gasteiger partial charge in [0.1, 0.15) is 0 Å². The minimum atomic E-state index is -4.45. The maximum absolute atomic E-state index is 12.1. The Kier molecular flexibility index (Phi) is 12.3. The smallest absolute Gasteiger partial charge is 0.338 e. The van der Waals surface area contributed by atoms with Crippen molar-refractivity contribution in [2.75, 3.05) is 0 Å². The van der Waals surface area contributed by atoms with Gasteiger partial charge in [-0.15, -0.1) is 0 Å². The molecule has 0 heterocycles. The normalized spacial score (nSPS) is 12.7. The van der Waals surface area contributed by atoms with Gasteiger partial charge in [-0.3, -0.25) is 9.36 Å². The van der Waals surface area contributed by atoms with Crippen molar-refractivity contribution in [3.63, 3.8) is 0 Å². The highest BCUT2D eigenvalue weighted by atomic mass is 31.2. The van der Waals surface area contributed by atoms with Crippen LogP contribution in [-0.4, -0.2) is 15.7 Å². The molecule has 5 nitrogen and oxygen atoms in total. The molecule has 0 aromatic heterocycles. The maximum atomic E-state index is 12.1. The van der Waals surface area contributed by atoms with Crippen molar-refractivity contribution in [3.05, 3.63) is 35.9 Å². The van der Waals surface area contributed by atoms with Gasteiger partial charge in [0, 0.05) is 6.42 Å². The summed E-state index contributed by atoms with van der Waals surface area (Å²) in [6, 6.07) is 8.41. The summed E-state index contributed by atoms with van der Waals surface area (Å²) in [6.07, 6.45) is 13.6. The van der Waals surface area contributed by atoms with E-state index >= 15 is 0 Å². The minimum absolute atomic E-state index is 0.303. The van der Waals surface area contributed by atoms with Crippen molar-refractivity contribution in [1.82, 2.24) is 5.32 Å². The molecule has 0 aliphatic rings. The number of nitrogens with one attached hydrogen (secondary N) is 1. The molecule has 1 aromatic carbocycles. The van der Waals surface area contributed by atoms with Gasteiger partial charge in [0.2, 0.25) is 5.91 Å². The average molecular weight is 397 g/mol. The third-order valence-corrected chi connectivity index (χ3v) is 5.86. The highest BCUT2D eigenvalue weighted by Gasteiger charge is 2.31. The Hall–Kier alpha value is -1.16. The van der Waals surface area contributed by atoms with Crippen LogP contribution >= 0.6 is 7.60 Å². The quantitative estimate of drug-likeness (QED) is 0.262. The fourth-order valence-electron chi connectivity index (χ4n) is 3.17. The zero-order chi connectivity index (χ0) is 20.0. The molecule has 1 unspecified atom stereocenters. The van der Waals surface area contributed by atoms with Crippen molar-refractivity contribution in [2.45, 2.75) is 89.8 Å². The van der Waals surface area contributed by atoms with Crippen LogP contribution in [0.25, 0.3) is 0 Å². The van der Waals surface area contributed by atoms with E-state index in [0.29, 0.717) is 12.0 Å². The molecule has 27 heavy (non-hydrogen) atoms.